The van der Waals surface area contributed by atoms with E-state index in [1.54, 1.807) is 36.4 Å². The number of rotatable bonds is 10. The summed E-state index contributed by atoms with van der Waals surface area (Å²) >= 11 is 5.96. The van der Waals surface area contributed by atoms with Crippen molar-refractivity contribution < 1.29 is 23.5 Å². The third-order valence-electron chi connectivity index (χ3n) is 6.08. The van der Waals surface area contributed by atoms with Gasteiger partial charge in [-0.25, -0.2) is 8.78 Å². The number of pyridine rings is 1. The molecular formula is C30H22ClF2N3O3. The van der Waals surface area contributed by atoms with Crippen LogP contribution < -0.4 is 5.32 Å². The lowest BCUT2D eigenvalue weighted by atomic mass is 9.98. The van der Waals surface area contributed by atoms with Gasteiger partial charge in [-0.3, -0.25) is 14.6 Å². The van der Waals surface area contributed by atoms with Crippen molar-refractivity contribution in [2.45, 2.75) is 25.8 Å². The molecule has 0 aliphatic carbocycles. The van der Waals surface area contributed by atoms with Crippen LogP contribution in [0.15, 0.2) is 72.9 Å². The number of nitrogens with zero attached hydrogens (tertiary/aromatic N) is 2. The van der Waals surface area contributed by atoms with Crippen LogP contribution >= 0.6 is 11.6 Å². The Hall–Kier alpha value is -4.61. The first-order chi connectivity index (χ1) is 18.7. The molecule has 0 saturated carbocycles. The number of carbonyl (C=O) groups is 2. The molecule has 4 aromatic rings. The van der Waals surface area contributed by atoms with E-state index in [4.69, 9.17) is 16.7 Å². The maximum Gasteiger partial charge on any atom is 0.303 e. The van der Waals surface area contributed by atoms with Gasteiger partial charge >= 0.3 is 5.97 Å². The van der Waals surface area contributed by atoms with Crippen LogP contribution in [0.25, 0.3) is 22.3 Å². The fourth-order valence-electron chi connectivity index (χ4n) is 4.07. The predicted octanol–water partition coefficient (Wildman–Crippen LogP) is 7.27. The monoisotopic (exact) mass is 545 g/mol. The lowest BCUT2D eigenvalue weighted by molar-refractivity contribution is -0.137. The molecule has 2 N–H and O–H groups in total. The van der Waals surface area contributed by atoms with Crippen LogP contribution in [0.2, 0.25) is 5.02 Å². The highest BCUT2D eigenvalue weighted by Gasteiger charge is 2.15. The normalized spacial score (nSPS) is 10.6. The standard InChI is InChI=1S/C30H22ClF2N3O3/c31-22-7-4-18(5-8-22)24-10-9-23(12-20(24)15-34)35-17-21-13-26(32)27(33)14-25(21)19-6-11-28(36-16-19)29(37)2-1-3-30(38)39/h4-14,16,35H,1-3,17H2,(H,38,39). The fraction of sp³-hybridized carbons (Fsp3) is 0.133. The van der Waals surface area contributed by atoms with Crippen LogP contribution in [0.1, 0.15) is 40.9 Å². The van der Waals surface area contributed by atoms with Crippen molar-refractivity contribution in [1.29, 1.82) is 5.26 Å². The van der Waals surface area contributed by atoms with E-state index in [1.807, 2.05) is 12.1 Å². The van der Waals surface area contributed by atoms with Gasteiger partial charge < -0.3 is 10.4 Å². The smallest absolute Gasteiger partial charge is 0.303 e. The largest absolute Gasteiger partial charge is 0.481 e. The van der Waals surface area contributed by atoms with E-state index in [9.17, 15) is 23.6 Å². The number of carboxylic acid groups (broad SMARTS) is 1. The van der Waals surface area contributed by atoms with Crippen LogP contribution in [0.4, 0.5) is 14.5 Å². The lowest BCUT2D eigenvalue weighted by Gasteiger charge is -2.14. The number of ketones is 1. The molecule has 0 aliphatic heterocycles. The van der Waals surface area contributed by atoms with Crippen LogP contribution in [0, 0.1) is 23.0 Å². The molecule has 0 bridgehead atoms. The van der Waals surface area contributed by atoms with Gasteiger partial charge in [0.25, 0.3) is 0 Å². The second-order valence-electron chi connectivity index (χ2n) is 8.76. The Bertz CT molecular complexity index is 1570. The number of hydrogen-bond donors (Lipinski definition) is 2. The number of nitriles is 1. The molecule has 3 aromatic carbocycles. The van der Waals surface area contributed by atoms with Crippen LogP contribution in [0.3, 0.4) is 0 Å². The summed E-state index contributed by atoms with van der Waals surface area (Å²) < 4.78 is 28.4. The quantitative estimate of drug-likeness (QED) is 0.203. The first-order valence-corrected chi connectivity index (χ1v) is 12.4. The van der Waals surface area contributed by atoms with Crippen LogP contribution in [0.5, 0.6) is 0 Å². The molecule has 0 unspecified atom stereocenters. The first-order valence-electron chi connectivity index (χ1n) is 12.0. The number of hydrogen-bond acceptors (Lipinski definition) is 5. The number of halogens is 3. The third-order valence-corrected chi connectivity index (χ3v) is 6.33. The molecule has 0 spiro atoms. The van der Waals surface area contributed by atoms with Crippen molar-refractivity contribution in [3.8, 4) is 28.3 Å². The average molecular weight is 546 g/mol. The van der Waals surface area contributed by atoms with Crippen LogP contribution in [-0.4, -0.2) is 21.8 Å². The number of carbonyl (C=O) groups excluding carboxylic acids is 1. The van der Waals surface area contributed by atoms with Crippen molar-refractivity contribution in [1.82, 2.24) is 4.98 Å². The molecule has 0 saturated heterocycles. The molecule has 4 rings (SSSR count). The van der Waals surface area contributed by atoms with E-state index in [1.165, 1.54) is 12.3 Å². The van der Waals surface area contributed by atoms with Gasteiger partial charge in [0.1, 0.15) is 5.69 Å². The second kappa shape index (κ2) is 12.3. The highest BCUT2D eigenvalue weighted by atomic mass is 35.5. The van der Waals surface area contributed by atoms with E-state index in [0.29, 0.717) is 33.0 Å². The van der Waals surface area contributed by atoms with Crippen molar-refractivity contribution in [3.05, 3.63) is 106 Å². The second-order valence-corrected chi connectivity index (χ2v) is 9.20. The summed E-state index contributed by atoms with van der Waals surface area (Å²) in [4.78, 5) is 27.1. The van der Waals surface area contributed by atoms with Gasteiger partial charge in [0.05, 0.1) is 11.6 Å². The Labute approximate surface area is 228 Å². The maximum absolute atomic E-state index is 14.2. The molecule has 1 heterocycles. The van der Waals surface area contributed by atoms with E-state index < -0.39 is 17.6 Å². The Kier molecular flexibility index (Phi) is 8.64. The van der Waals surface area contributed by atoms with E-state index >= 15 is 0 Å². The number of benzene rings is 3. The number of carboxylic acids is 1. The molecule has 0 radical (unpaired) electrons. The summed E-state index contributed by atoms with van der Waals surface area (Å²) in [5, 5.41) is 22.2. The Balaban J connectivity index is 1.54. The molecule has 196 valence electrons. The SMILES string of the molecule is N#Cc1cc(NCc2cc(F)c(F)cc2-c2ccc(C(=O)CCCC(=O)O)nc2)ccc1-c1ccc(Cl)cc1. The molecule has 1 aromatic heterocycles. The van der Waals surface area contributed by atoms with Gasteiger partial charge in [-0.05, 0) is 71.1 Å². The zero-order valence-corrected chi connectivity index (χ0v) is 21.3. The van der Waals surface area contributed by atoms with E-state index in [2.05, 4.69) is 16.4 Å². The van der Waals surface area contributed by atoms with Crippen molar-refractivity contribution in [2.24, 2.45) is 0 Å². The molecule has 9 heteroatoms. The highest BCUT2D eigenvalue weighted by molar-refractivity contribution is 6.30. The van der Waals surface area contributed by atoms with Crippen molar-refractivity contribution >= 4 is 29.0 Å². The van der Waals surface area contributed by atoms with E-state index in [0.717, 1.165) is 23.3 Å². The lowest BCUT2D eigenvalue weighted by Crippen LogP contribution is -2.05. The molecule has 0 aliphatic rings. The molecule has 0 fully saturated rings. The number of nitrogens with one attached hydrogen (secondary N) is 1. The van der Waals surface area contributed by atoms with Gasteiger partial charge in [0, 0.05) is 41.9 Å². The fourth-order valence-corrected chi connectivity index (χ4v) is 4.20. The summed E-state index contributed by atoms with van der Waals surface area (Å²) in [5.74, 6) is -3.32. The summed E-state index contributed by atoms with van der Waals surface area (Å²) in [6.45, 7) is 0.119. The van der Waals surface area contributed by atoms with E-state index in [-0.39, 0.29) is 37.3 Å². The highest BCUT2D eigenvalue weighted by Crippen LogP contribution is 2.30. The zero-order chi connectivity index (χ0) is 27.9. The summed E-state index contributed by atoms with van der Waals surface area (Å²) in [5.41, 5.74) is 4.08. The first kappa shape index (κ1) is 27.4. The zero-order valence-electron chi connectivity index (χ0n) is 20.5. The number of anilines is 1. The Morgan fingerprint density at radius 1 is 0.923 bits per heavy atom. The molecular weight excluding hydrogens is 524 g/mol. The minimum absolute atomic E-state index is 0.0421. The van der Waals surface area contributed by atoms with Gasteiger partial charge in [0.15, 0.2) is 17.4 Å². The Morgan fingerprint density at radius 2 is 1.64 bits per heavy atom. The van der Waals surface area contributed by atoms with Crippen molar-refractivity contribution in [3.63, 3.8) is 0 Å². The summed E-state index contributed by atoms with van der Waals surface area (Å²) in [6, 6.07) is 19.8. The van der Waals surface area contributed by atoms with Gasteiger partial charge in [-0.15, -0.1) is 0 Å². The number of aromatic nitrogens is 1. The minimum atomic E-state index is -1.03. The molecule has 0 atom stereocenters. The van der Waals surface area contributed by atoms with Gasteiger partial charge in [-0.1, -0.05) is 35.9 Å². The number of Topliss-reactive ketones (excluding diaryl/α,β-unsaturated/α-hetero) is 1. The average Bonchev–Trinajstić information content (AvgIpc) is 2.93. The van der Waals surface area contributed by atoms with Crippen molar-refractivity contribution in [2.75, 3.05) is 5.32 Å². The minimum Gasteiger partial charge on any atom is -0.481 e. The molecule has 0 amide bonds. The third kappa shape index (κ3) is 6.83. The summed E-state index contributed by atoms with van der Waals surface area (Å²) in [6.07, 6.45) is 1.52. The van der Waals surface area contributed by atoms with Gasteiger partial charge in [-0.2, -0.15) is 5.26 Å². The van der Waals surface area contributed by atoms with Crippen LogP contribution in [-0.2, 0) is 11.3 Å². The molecule has 39 heavy (non-hydrogen) atoms. The maximum atomic E-state index is 14.2. The predicted molar refractivity (Wildman–Crippen MR) is 144 cm³/mol. The van der Waals surface area contributed by atoms with Gasteiger partial charge in [0.2, 0.25) is 0 Å². The Morgan fingerprint density at radius 3 is 2.31 bits per heavy atom. The summed E-state index contributed by atoms with van der Waals surface area (Å²) in [7, 11) is 0. The topological polar surface area (TPSA) is 103 Å². The molecule has 6 nitrogen and oxygen atoms in total. The number of aliphatic carboxylic acids is 1.